The van der Waals surface area contributed by atoms with Crippen molar-refractivity contribution in [2.75, 3.05) is 13.6 Å². The normalized spacial score (nSPS) is 24.3. The van der Waals surface area contributed by atoms with Crippen LogP contribution in [0.4, 0.5) is 0 Å². The number of hydrogen-bond acceptors (Lipinski definition) is 2. The number of rotatable bonds is 2. The van der Waals surface area contributed by atoms with Crippen molar-refractivity contribution < 1.29 is 5.11 Å². The van der Waals surface area contributed by atoms with E-state index in [1.54, 1.807) is 0 Å². The molecule has 0 spiro atoms. The molecule has 0 radical (unpaired) electrons. The second-order valence-electron chi connectivity index (χ2n) is 4.54. The van der Waals surface area contributed by atoms with E-state index in [4.69, 9.17) is 11.6 Å². The van der Waals surface area contributed by atoms with E-state index in [1.165, 1.54) is 12.8 Å². The molecule has 2 rings (SSSR count). The second kappa shape index (κ2) is 5.17. The molecule has 16 heavy (non-hydrogen) atoms. The zero-order valence-electron chi connectivity index (χ0n) is 9.56. The highest BCUT2D eigenvalue weighted by molar-refractivity contribution is 6.30. The fourth-order valence-electron chi connectivity index (χ4n) is 2.38. The van der Waals surface area contributed by atoms with Crippen molar-refractivity contribution in [3.8, 4) is 0 Å². The topological polar surface area (TPSA) is 23.5 Å². The van der Waals surface area contributed by atoms with E-state index in [9.17, 15) is 5.11 Å². The van der Waals surface area contributed by atoms with Gasteiger partial charge in [0, 0.05) is 11.1 Å². The van der Waals surface area contributed by atoms with Gasteiger partial charge in [-0.15, -0.1) is 0 Å². The number of hydrogen-bond donors (Lipinski definition) is 1. The van der Waals surface area contributed by atoms with Gasteiger partial charge in [0.15, 0.2) is 0 Å². The first-order valence-electron chi connectivity index (χ1n) is 5.82. The van der Waals surface area contributed by atoms with E-state index in [1.807, 2.05) is 24.3 Å². The summed E-state index contributed by atoms with van der Waals surface area (Å²) in [4.78, 5) is 2.25. The maximum atomic E-state index is 10.3. The molecule has 3 heteroatoms. The summed E-state index contributed by atoms with van der Waals surface area (Å²) in [6, 6.07) is 7.74. The van der Waals surface area contributed by atoms with E-state index in [0.717, 1.165) is 18.5 Å². The van der Waals surface area contributed by atoms with Crippen molar-refractivity contribution in [2.24, 2.45) is 0 Å². The Morgan fingerprint density at radius 2 is 2.00 bits per heavy atom. The van der Waals surface area contributed by atoms with Crippen LogP contribution in [0, 0.1) is 0 Å². The minimum Gasteiger partial charge on any atom is -0.387 e. The van der Waals surface area contributed by atoms with Gasteiger partial charge in [0.05, 0.1) is 6.10 Å². The number of aliphatic hydroxyl groups excluding tert-OH is 1. The molecule has 1 aromatic rings. The van der Waals surface area contributed by atoms with Crippen molar-refractivity contribution in [2.45, 2.75) is 31.4 Å². The Morgan fingerprint density at radius 3 is 2.62 bits per heavy atom. The van der Waals surface area contributed by atoms with Gasteiger partial charge in [-0.2, -0.15) is 0 Å². The van der Waals surface area contributed by atoms with Gasteiger partial charge in [0.1, 0.15) is 0 Å². The number of halogens is 1. The van der Waals surface area contributed by atoms with Crippen LogP contribution >= 0.6 is 11.6 Å². The quantitative estimate of drug-likeness (QED) is 0.858. The first-order chi connectivity index (χ1) is 7.68. The lowest BCUT2D eigenvalue weighted by molar-refractivity contribution is 0.0403. The molecule has 0 saturated carbocycles. The van der Waals surface area contributed by atoms with E-state index in [-0.39, 0.29) is 6.04 Å². The third-order valence-corrected chi connectivity index (χ3v) is 3.65. The van der Waals surface area contributed by atoms with Gasteiger partial charge >= 0.3 is 0 Å². The van der Waals surface area contributed by atoms with Gasteiger partial charge < -0.3 is 10.0 Å². The van der Waals surface area contributed by atoms with Gasteiger partial charge in [-0.05, 0) is 44.1 Å². The number of nitrogens with zero attached hydrogens (tertiary/aromatic N) is 1. The fraction of sp³-hybridized carbons (Fsp3) is 0.538. The molecule has 1 aliphatic rings. The average Bonchev–Trinajstić information content (AvgIpc) is 2.30. The molecule has 1 saturated heterocycles. The average molecular weight is 240 g/mol. The number of piperidine rings is 1. The number of likely N-dealkylation sites (N-methyl/N-ethyl adjacent to an activating group) is 1. The zero-order valence-corrected chi connectivity index (χ0v) is 10.3. The molecular weight excluding hydrogens is 222 g/mol. The highest BCUT2D eigenvalue weighted by atomic mass is 35.5. The first kappa shape index (κ1) is 11.9. The zero-order chi connectivity index (χ0) is 11.5. The minimum atomic E-state index is -0.400. The molecular formula is C13H18ClNO. The van der Waals surface area contributed by atoms with Crippen molar-refractivity contribution in [1.82, 2.24) is 4.90 Å². The lowest BCUT2D eigenvalue weighted by atomic mass is 9.93. The Bertz CT molecular complexity index is 338. The highest BCUT2D eigenvalue weighted by Crippen LogP contribution is 2.28. The largest absolute Gasteiger partial charge is 0.387 e. The molecule has 1 aromatic carbocycles. The lowest BCUT2D eigenvalue weighted by Gasteiger charge is -2.35. The summed E-state index contributed by atoms with van der Waals surface area (Å²) in [5.74, 6) is 0. The summed E-state index contributed by atoms with van der Waals surface area (Å²) in [6.07, 6.45) is 3.11. The number of benzene rings is 1. The van der Waals surface area contributed by atoms with E-state index >= 15 is 0 Å². The van der Waals surface area contributed by atoms with Crippen LogP contribution < -0.4 is 0 Å². The Morgan fingerprint density at radius 1 is 1.31 bits per heavy atom. The maximum absolute atomic E-state index is 10.3. The van der Waals surface area contributed by atoms with Crippen molar-refractivity contribution in [1.29, 1.82) is 0 Å². The summed E-state index contributed by atoms with van der Waals surface area (Å²) in [5.41, 5.74) is 0.961. The van der Waals surface area contributed by atoms with Crippen LogP contribution in [0.2, 0.25) is 5.02 Å². The molecule has 88 valence electrons. The van der Waals surface area contributed by atoms with Crippen LogP contribution in [0.15, 0.2) is 24.3 Å². The standard InChI is InChI=1S/C13H18ClNO/c1-15-9-3-2-4-12(15)13(16)10-5-7-11(14)8-6-10/h5-8,12-13,16H,2-4,9H2,1H3. The summed E-state index contributed by atoms with van der Waals surface area (Å²) in [7, 11) is 2.09. The van der Waals surface area contributed by atoms with Gasteiger partial charge in [-0.3, -0.25) is 0 Å². The van der Waals surface area contributed by atoms with Crippen LogP contribution in [0.1, 0.15) is 30.9 Å². The van der Waals surface area contributed by atoms with Crippen molar-refractivity contribution in [3.05, 3.63) is 34.9 Å². The SMILES string of the molecule is CN1CCCCC1C(O)c1ccc(Cl)cc1. The third kappa shape index (κ3) is 2.57. The number of likely N-dealkylation sites (tertiary alicyclic amines) is 1. The minimum absolute atomic E-state index is 0.245. The molecule has 0 aliphatic carbocycles. The lowest BCUT2D eigenvalue weighted by Crippen LogP contribution is -2.40. The Balaban J connectivity index is 2.11. The smallest absolute Gasteiger partial charge is 0.0945 e. The van der Waals surface area contributed by atoms with Crippen molar-refractivity contribution in [3.63, 3.8) is 0 Å². The van der Waals surface area contributed by atoms with Gasteiger partial charge in [-0.1, -0.05) is 30.2 Å². The summed E-state index contributed by atoms with van der Waals surface area (Å²) < 4.78 is 0. The molecule has 1 heterocycles. The first-order valence-corrected chi connectivity index (χ1v) is 6.20. The second-order valence-corrected chi connectivity index (χ2v) is 4.98. The molecule has 1 aliphatic heterocycles. The molecule has 2 unspecified atom stereocenters. The Hall–Kier alpha value is -0.570. The van der Waals surface area contributed by atoms with Crippen LogP contribution in [0.3, 0.4) is 0 Å². The fourth-order valence-corrected chi connectivity index (χ4v) is 2.51. The summed E-state index contributed by atoms with van der Waals surface area (Å²) >= 11 is 5.84. The Kier molecular flexibility index (Phi) is 3.85. The van der Waals surface area contributed by atoms with Gasteiger partial charge in [0.25, 0.3) is 0 Å². The van der Waals surface area contributed by atoms with Gasteiger partial charge in [-0.25, -0.2) is 0 Å². The maximum Gasteiger partial charge on any atom is 0.0945 e. The van der Waals surface area contributed by atoms with Crippen LogP contribution in [0.5, 0.6) is 0 Å². The molecule has 0 aromatic heterocycles. The van der Waals surface area contributed by atoms with Crippen LogP contribution in [0.25, 0.3) is 0 Å². The predicted molar refractivity (Wildman–Crippen MR) is 66.7 cm³/mol. The van der Waals surface area contributed by atoms with E-state index in [0.29, 0.717) is 5.02 Å². The summed E-state index contributed by atoms with van der Waals surface area (Å²) in [5, 5.41) is 11.0. The molecule has 1 N–H and O–H groups in total. The molecule has 0 amide bonds. The predicted octanol–water partition coefficient (Wildman–Crippen LogP) is 2.86. The monoisotopic (exact) mass is 239 g/mol. The molecule has 0 bridgehead atoms. The van der Waals surface area contributed by atoms with E-state index < -0.39 is 6.10 Å². The highest BCUT2D eigenvalue weighted by Gasteiger charge is 2.26. The third-order valence-electron chi connectivity index (χ3n) is 3.40. The molecule has 1 fully saturated rings. The number of aliphatic hydroxyl groups is 1. The van der Waals surface area contributed by atoms with E-state index in [2.05, 4.69) is 11.9 Å². The van der Waals surface area contributed by atoms with Crippen LogP contribution in [-0.4, -0.2) is 29.6 Å². The Labute approximate surface area is 102 Å². The summed E-state index contributed by atoms with van der Waals surface area (Å²) in [6.45, 7) is 1.08. The van der Waals surface area contributed by atoms with Crippen molar-refractivity contribution >= 4 is 11.6 Å². The molecule has 2 atom stereocenters. The molecule has 2 nitrogen and oxygen atoms in total. The van der Waals surface area contributed by atoms with Gasteiger partial charge in [0.2, 0.25) is 0 Å². The van der Waals surface area contributed by atoms with Crippen LogP contribution in [-0.2, 0) is 0 Å².